The van der Waals surface area contributed by atoms with Crippen LogP contribution in [0.3, 0.4) is 0 Å². The predicted molar refractivity (Wildman–Crippen MR) is 105 cm³/mol. The molecule has 2 atom stereocenters. The van der Waals surface area contributed by atoms with Crippen LogP contribution in [-0.2, 0) is 4.79 Å². The molecule has 7 heteroatoms. The van der Waals surface area contributed by atoms with E-state index in [1.165, 1.54) is 6.07 Å². The molecule has 0 spiro atoms. The molecule has 3 rings (SSSR count). The van der Waals surface area contributed by atoms with E-state index in [0.29, 0.717) is 37.3 Å². The number of nitrogens with zero attached hydrogens (tertiary/aromatic N) is 2. The van der Waals surface area contributed by atoms with Gasteiger partial charge < -0.3 is 15.5 Å². The van der Waals surface area contributed by atoms with Gasteiger partial charge in [0.25, 0.3) is 5.91 Å². The summed E-state index contributed by atoms with van der Waals surface area (Å²) in [6.45, 7) is 5.59. The normalized spacial score (nSPS) is 25.7. The lowest BCUT2D eigenvalue weighted by atomic mass is 9.74. The summed E-state index contributed by atoms with van der Waals surface area (Å²) in [6, 6.07) is 4.56. The van der Waals surface area contributed by atoms with Crippen molar-refractivity contribution in [1.29, 1.82) is 0 Å². The second-order valence-electron chi connectivity index (χ2n) is 7.89. The second-order valence-corrected chi connectivity index (χ2v) is 7.89. The highest BCUT2D eigenvalue weighted by atomic mass is 35.5. The first-order valence-corrected chi connectivity index (χ1v) is 9.43. The number of halogens is 2. The van der Waals surface area contributed by atoms with Crippen LogP contribution in [-0.4, -0.2) is 53.3 Å². The molecule has 0 bridgehead atoms. The maximum absolute atomic E-state index is 13.7. The Bertz CT molecular complexity index is 702. The van der Waals surface area contributed by atoms with Gasteiger partial charge in [-0.15, -0.1) is 12.4 Å². The molecule has 0 aromatic heterocycles. The molecule has 2 aliphatic rings. The van der Waals surface area contributed by atoms with E-state index in [0.717, 1.165) is 25.7 Å². The molecule has 150 valence electrons. The molecule has 5 nitrogen and oxygen atoms in total. The highest BCUT2D eigenvalue weighted by molar-refractivity contribution is 5.94. The molecule has 1 aromatic carbocycles. The number of carbonyl (C=O) groups is 2. The van der Waals surface area contributed by atoms with Gasteiger partial charge in [-0.3, -0.25) is 9.59 Å². The molecule has 1 aliphatic carbocycles. The van der Waals surface area contributed by atoms with Crippen molar-refractivity contribution in [2.24, 2.45) is 11.7 Å². The standard InChI is InChI=1S/C20H28FN3O2.ClH/c1-14-6-7-15(13-17(14)21)18(25)23-9-11-24(12-10-23)19(26)16-5-3-4-8-20(16,2)22;/h6-7,13,16H,3-5,8-12,22H2,1-2H3;1H. The van der Waals surface area contributed by atoms with Gasteiger partial charge in [-0.2, -0.15) is 0 Å². The lowest BCUT2D eigenvalue weighted by molar-refractivity contribution is -0.140. The highest BCUT2D eigenvalue weighted by Gasteiger charge is 2.40. The van der Waals surface area contributed by atoms with Gasteiger partial charge in [0.15, 0.2) is 0 Å². The number of nitrogens with two attached hydrogens (primary N) is 1. The molecule has 2 unspecified atom stereocenters. The smallest absolute Gasteiger partial charge is 0.254 e. The number of hydrogen-bond donors (Lipinski definition) is 1. The number of amides is 2. The SMILES string of the molecule is Cc1ccc(C(=O)N2CCN(C(=O)C3CCCCC3(C)N)CC2)cc1F.Cl. The number of rotatable bonds is 2. The van der Waals surface area contributed by atoms with Gasteiger partial charge in [-0.25, -0.2) is 4.39 Å². The minimum atomic E-state index is -0.443. The van der Waals surface area contributed by atoms with Crippen molar-refractivity contribution in [2.75, 3.05) is 26.2 Å². The Morgan fingerprint density at radius 2 is 1.78 bits per heavy atom. The zero-order valence-corrected chi connectivity index (χ0v) is 16.9. The number of benzene rings is 1. The molecule has 1 saturated heterocycles. The zero-order valence-electron chi connectivity index (χ0n) is 16.0. The minimum Gasteiger partial charge on any atom is -0.339 e. The van der Waals surface area contributed by atoms with E-state index in [1.54, 1.807) is 24.0 Å². The van der Waals surface area contributed by atoms with E-state index in [2.05, 4.69) is 0 Å². The number of piperazine rings is 1. The second kappa shape index (κ2) is 8.57. The molecule has 1 heterocycles. The van der Waals surface area contributed by atoms with Crippen molar-refractivity contribution in [2.45, 2.75) is 45.1 Å². The Morgan fingerprint density at radius 3 is 2.37 bits per heavy atom. The molecular weight excluding hydrogens is 369 g/mol. The Hall–Kier alpha value is -1.66. The first-order chi connectivity index (χ1) is 12.3. The number of aryl methyl sites for hydroxylation is 1. The van der Waals surface area contributed by atoms with Crippen LogP contribution in [0, 0.1) is 18.7 Å². The summed E-state index contributed by atoms with van der Waals surface area (Å²) in [5, 5.41) is 0. The Morgan fingerprint density at radius 1 is 1.15 bits per heavy atom. The first kappa shape index (κ1) is 21.6. The summed E-state index contributed by atoms with van der Waals surface area (Å²) in [6.07, 6.45) is 3.83. The molecule has 27 heavy (non-hydrogen) atoms. The van der Waals surface area contributed by atoms with Gasteiger partial charge in [-0.1, -0.05) is 18.9 Å². The summed E-state index contributed by atoms with van der Waals surface area (Å²) in [5.74, 6) is -0.575. The van der Waals surface area contributed by atoms with Crippen molar-refractivity contribution in [3.63, 3.8) is 0 Å². The van der Waals surface area contributed by atoms with E-state index < -0.39 is 5.54 Å². The summed E-state index contributed by atoms with van der Waals surface area (Å²) >= 11 is 0. The van der Waals surface area contributed by atoms with Crippen LogP contribution in [0.4, 0.5) is 4.39 Å². The van der Waals surface area contributed by atoms with Crippen LogP contribution in [0.1, 0.15) is 48.5 Å². The van der Waals surface area contributed by atoms with Gasteiger partial charge in [-0.05, 0) is 44.4 Å². The average Bonchev–Trinajstić information content (AvgIpc) is 2.62. The number of carbonyl (C=O) groups excluding carboxylic acids is 2. The summed E-state index contributed by atoms with van der Waals surface area (Å²) in [7, 11) is 0. The zero-order chi connectivity index (χ0) is 18.9. The van der Waals surface area contributed by atoms with Crippen LogP contribution in [0.2, 0.25) is 0 Å². The molecule has 2 amide bonds. The lowest BCUT2D eigenvalue weighted by Gasteiger charge is -2.42. The van der Waals surface area contributed by atoms with E-state index in [1.807, 2.05) is 11.8 Å². The van der Waals surface area contributed by atoms with Crippen molar-refractivity contribution >= 4 is 24.2 Å². The quantitative estimate of drug-likeness (QED) is 0.834. The Kier molecular flexibility index (Phi) is 6.87. The van der Waals surface area contributed by atoms with Crippen LogP contribution in [0.15, 0.2) is 18.2 Å². The van der Waals surface area contributed by atoms with E-state index in [4.69, 9.17) is 5.73 Å². The fourth-order valence-corrected chi connectivity index (χ4v) is 4.02. The highest BCUT2D eigenvalue weighted by Crippen LogP contribution is 2.33. The molecule has 1 aromatic rings. The summed E-state index contributed by atoms with van der Waals surface area (Å²) in [4.78, 5) is 29.0. The third-order valence-electron chi connectivity index (χ3n) is 5.85. The molecular formula is C20H29ClFN3O2. The third-order valence-corrected chi connectivity index (χ3v) is 5.85. The number of hydrogen-bond acceptors (Lipinski definition) is 3. The van der Waals surface area contributed by atoms with Gasteiger partial charge in [0.1, 0.15) is 5.82 Å². The van der Waals surface area contributed by atoms with Gasteiger partial charge in [0.2, 0.25) is 5.91 Å². The van der Waals surface area contributed by atoms with Crippen molar-refractivity contribution in [3.05, 3.63) is 35.1 Å². The third kappa shape index (κ3) is 4.61. The van der Waals surface area contributed by atoms with Crippen LogP contribution in [0.5, 0.6) is 0 Å². The maximum atomic E-state index is 13.7. The lowest BCUT2D eigenvalue weighted by Crippen LogP contribution is -2.57. The summed E-state index contributed by atoms with van der Waals surface area (Å²) in [5.41, 5.74) is 6.80. The monoisotopic (exact) mass is 397 g/mol. The first-order valence-electron chi connectivity index (χ1n) is 9.43. The van der Waals surface area contributed by atoms with E-state index in [-0.39, 0.29) is 36.0 Å². The molecule has 1 aliphatic heterocycles. The van der Waals surface area contributed by atoms with Crippen molar-refractivity contribution < 1.29 is 14.0 Å². The van der Waals surface area contributed by atoms with Gasteiger partial charge >= 0.3 is 0 Å². The van der Waals surface area contributed by atoms with E-state index in [9.17, 15) is 14.0 Å². The van der Waals surface area contributed by atoms with E-state index >= 15 is 0 Å². The fourth-order valence-electron chi connectivity index (χ4n) is 4.02. The van der Waals surface area contributed by atoms with Gasteiger partial charge in [0, 0.05) is 37.3 Å². The minimum absolute atomic E-state index is 0. The Labute approximate surface area is 166 Å². The van der Waals surface area contributed by atoms with Crippen LogP contribution >= 0.6 is 12.4 Å². The Balaban J connectivity index is 0.00000261. The van der Waals surface area contributed by atoms with Crippen LogP contribution in [0.25, 0.3) is 0 Å². The largest absolute Gasteiger partial charge is 0.339 e. The fraction of sp³-hybridized carbons (Fsp3) is 0.600. The topological polar surface area (TPSA) is 66.6 Å². The van der Waals surface area contributed by atoms with Crippen molar-refractivity contribution in [1.82, 2.24) is 9.80 Å². The molecule has 2 fully saturated rings. The molecule has 1 saturated carbocycles. The molecule has 0 radical (unpaired) electrons. The molecule has 2 N–H and O–H groups in total. The summed E-state index contributed by atoms with van der Waals surface area (Å²) < 4.78 is 13.7. The van der Waals surface area contributed by atoms with Crippen molar-refractivity contribution in [3.8, 4) is 0 Å². The average molecular weight is 398 g/mol. The predicted octanol–water partition coefficient (Wildman–Crippen LogP) is 2.75. The maximum Gasteiger partial charge on any atom is 0.254 e. The van der Waals surface area contributed by atoms with Crippen LogP contribution < -0.4 is 5.73 Å². The van der Waals surface area contributed by atoms with Gasteiger partial charge in [0.05, 0.1) is 5.92 Å².